The van der Waals surface area contributed by atoms with Crippen molar-refractivity contribution >= 4 is 39.3 Å². The van der Waals surface area contributed by atoms with Crippen LogP contribution in [0.3, 0.4) is 0 Å². The Labute approximate surface area is 143 Å². The number of nitrogens with zero attached hydrogens (tertiary/aromatic N) is 1. The first kappa shape index (κ1) is 15.8. The number of pyridine rings is 1. The van der Waals surface area contributed by atoms with E-state index in [2.05, 4.69) is 4.98 Å². The first-order chi connectivity index (χ1) is 11.1. The largest absolute Gasteiger partial charge is 0.494 e. The molecule has 3 aromatic rings. The number of carbonyl (C=O) groups is 1. The summed E-state index contributed by atoms with van der Waals surface area (Å²) in [6.07, 6.45) is 0. The van der Waals surface area contributed by atoms with Crippen molar-refractivity contribution in [2.45, 2.75) is 6.92 Å². The number of fused-ring (bicyclic) bond motifs is 1. The molecule has 3 rings (SSSR count). The molecule has 0 bridgehead atoms. The van der Waals surface area contributed by atoms with Gasteiger partial charge in [0.2, 0.25) is 0 Å². The molecule has 0 aliphatic rings. The summed E-state index contributed by atoms with van der Waals surface area (Å²) in [5, 5.41) is 0.591. The molecule has 3 nitrogen and oxygen atoms in total. The summed E-state index contributed by atoms with van der Waals surface area (Å²) in [7, 11) is 0. The van der Waals surface area contributed by atoms with Crippen LogP contribution >= 0.6 is 23.2 Å². The van der Waals surface area contributed by atoms with Crippen molar-refractivity contribution in [1.82, 2.24) is 4.98 Å². The van der Waals surface area contributed by atoms with Gasteiger partial charge in [0.05, 0.1) is 22.8 Å². The average molecular weight is 346 g/mol. The molecule has 0 saturated carbocycles. The van der Waals surface area contributed by atoms with Crippen LogP contribution in [-0.2, 0) is 0 Å². The normalized spacial score (nSPS) is 10.7. The number of hydrogen-bond acceptors (Lipinski definition) is 3. The van der Waals surface area contributed by atoms with E-state index in [1.165, 1.54) is 0 Å². The van der Waals surface area contributed by atoms with Crippen molar-refractivity contribution < 1.29 is 9.53 Å². The van der Waals surface area contributed by atoms with Crippen LogP contribution in [0.4, 0.5) is 0 Å². The molecule has 0 radical (unpaired) electrons. The molecular weight excluding hydrogens is 333 g/mol. The predicted molar refractivity (Wildman–Crippen MR) is 93.5 cm³/mol. The number of rotatable bonds is 4. The van der Waals surface area contributed by atoms with Gasteiger partial charge in [-0.15, -0.1) is 0 Å². The van der Waals surface area contributed by atoms with Gasteiger partial charge in [-0.25, -0.2) is 4.98 Å². The van der Waals surface area contributed by atoms with Gasteiger partial charge in [-0.3, -0.25) is 4.79 Å². The second-order valence-corrected chi connectivity index (χ2v) is 5.67. The van der Waals surface area contributed by atoms with Gasteiger partial charge in [-0.1, -0.05) is 23.7 Å². The molecule has 23 heavy (non-hydrogen) atoms. The third-order valence-electron chi connectivity index (χ3n) is 3.46. The molecule has 5 heteroatoms. The molecule has 0 N–H and O–H groups in total. The highest BCUT2D eigenvalue weighted by Gasteiger charge is 2.14. The molecule has 0 spiro atoms. The fourth-order valence-corrected chi connectivity index (χ4v) is 2.79. The number of carbonyl (C=O) groups excluding carboxylic acids is 1. The molecule has 0 atom stereocenters. The standard InChI is InChI=1S/C18H13Cl2NO2/c1-2-23-12-8-6-11(7-9-12)16-10-14(18(20)22)13-4-3-5-15(19)17(13)21-16/h3-10H,2H2,1H3. The maximum atomic E-state index is 11.8. The van der Waals surface area contributed by atoms with Crippen LogP contribution in [-0.4, -0.2) is 16.8 Å². The minimum atomic E-state index is -0.535. The highest BCUT2D eigenvalue weighted by molar-refractivity contribution is 6.68. The van der Waals surface area contributed by atoms with Gasteiger partial charge in [0.15, 0.2) is 0 Å². The predicted octanol–water partition coefficient (Wildman–Crippen LogP) is 5.33. The third-order valence-corrected chi connectivity index (χ3v) is 3.97. The van der Waals surface area contributed by atoms with E-state index in [0.29, 0.717) is 33.8 Å². The zero-order valence-electron chi connectivity index (χ0n) is 12.3. The first-order valence-corrected chi connectivity index (χ1v) is 7.88. The minimum absolute atomic E-state index is 0.392. The molecule has 0 aliphatic carbocycles. The molecule has 0 aliphatic heterocycles. The highest BCUT2D eigenvalue weighted by Crippen LogP contribution is 2.30. The fraction of sp³-hybridized carbons (Fsp3) is 0.111. The highest BCUT2D eigenvalue weighted by atomic mass is 35.5. The van der Waals surface area contributed by atoms with Gasteiger partial charge in [-0.05, 0) is 54.9 Å². The fourth-order valence-electron chi connectivity index (χ4n) is 2.41. The van der Waals surface area contributed by atoms with Crippen LogP contribution in [0.15, 0.2) is 48.5 Å². The molecule has 0 unspecified atom stereocenters. The molecule has 1 aromatic heterocycles. The van der Waals surface area contributed by atoms with E-state index >= 15 is 0 Å². The Morgan fingerprint density at radius 2 is 1.91 bits per heavy atom. The van der Waals surface area contributed by atoms with Crippen LogP contribution in [0.5, 0.6) is 5.75 Å². The van der Waals surface area contributed by atoms with E-state index in [1.807, 2.05) is 31.2 Å². The lowest BCUT2D eigenvalue weighted by atomic mass is 10.0. The molecule has 0 saturated heterocycles. The molecule has 0 fully saturated rings. The second-order valence-electron chi connectivity index (χ2n) is 4.92. The Morgan fingerprint density at radius 3 is 2.57 bits per heavy atom. The SMILES string of the molecule is CCOc1ccc(-c2cc(C(=O)Cl)c3cccc(Cl)c3n2)cc1. The summed E-state index contributed by atoms with van der Waals surface area (Å²) in [6, 6.07) is 14.5. The first-order valence-electron chi connectivity index (χ1n) is 7.12. The van der Waals surface area contributed by atoms with E-state index in [4.69, 9.17) is 27.9 Å². The topological polar surface area (TPSA) is 39.2 Å². The lowest BCUT2D eigenvalue weighted by Crippen LogP contribution is -1.96. The lowest BCUT2D eigenvalue weighted by molar-refractivity contribution is 0.108. The summed E-state index contributed by atoms with van der Waals surface area (Å²) < 4.78 is 5.43. The summed E-state index contributed by atoms with van der Waals surface area (Å²) in [5.74, 6) is 0.781. The molecular formula is C18H13Cl2NO2. The van der Waals surface area contributed by atoms with Gasteiger partial charge in [0.25, 0.3) is 5.24 Å². The summed E-state index contributed by atoms with van der Waals surface area (Å²) in [5.41, 5.74) is 2.44. The van der Waals surface area contributed by atoms with Crippen molar-refractivity contribution in [2.24, 2.45) is 0 Å². The monoisotopic (exact) mass is 345 g/mol. The van der Waals surface area contributed by atoms with E-state index < -0.39 is 5.24 Å². The smallest absolute Gasteiger partial charge is 0.253 e. The number of benzene rings is 2. The van der Waals surface area contributed by atoms with Gasteiger partial charge >= 0.3 is 0 Å². The second kappa shape index (κ2) is 6.57. The zero-order valence-corrected chi connectivity index (χ0v) is 13.9. The van der Waals surface area contributed by atoms with E-state index in [9.17, 15) is 4.79 Å². The Morgan fingerprint density at radius 1 is 1.17 bits per heavy atom. The molecule has 2 aromatic carbocycles. The Kier molecular flexibility index (Phi) is 4.51. The average Bonchev–Trinajstić information content (AvgIpc) is 2.55. The van der Waals surface area contributed by atoms with Crippen LogP contribution in [0.1, 0.15) is 17.3 Å². The molecule has 116 valence electrons. The number of ether oxygens (including phenoxy) is 1. The number of halogens is 2. The Bertz CT molecular complexity index is 876. The molecule has 1 heterocycles. The van der Waals surface area contributed by atoms with E-state index in [1.54, 1.807) is 24.3 Å². The minimum Gasteiger partial charge on any atom is -0.494 e. The van der Waals surface area contributed by atoms with Crippen LogP contribution in [0.25, 0.3) is 22.2 Å². The quantitative estimate of drug-likeness (QED) is 0.599. The summed E-state index contributed by atoms with van der Waals surface area (Å²) >= 11 is 12.0. The van der Waals surface area contributed by atoms with E-state index in [-0.39, 0.29) is 0 Å². The van der Waals surface area contributed by atoms with Crippen molar-refractivity contribution in [3.05, 3.63) is 59.1 Å². The maximum absolute atomic E-state index is 11.8. The third kappa shape index (κ3) is 3.16. The van der Waals surface area contributed by atoms with E-state index in [0.717, 1.165) is 11.3 Å². The number of aromatic nitrogens is 1. The Balaban J connectivity index is 2.17. The zero-order chi connectivity index (χ0) is 16.4. The van der Waals surface area contributed by atoms with Gasteiger partial charge in [-0.2, -0.15) is 0 Å². The van der Waals surface area contributed by atoms with Crippen LogP contribution in [0.2, 0.25) is 5.02 Å². The lowest BCUT2D eigenvalue weighted by Gasteiger charge is -2.09. The van der Waals surface area contributed by atoms with Crippen molar-refractivity contribution in [3.8, 4) is 17.0 Å². The van der Waals surface area contributed by atoms with Gasteiger partial charge < -0.3 is 4.74 Å². The van der Waals surface area contributed by atoms with Crippen LogP contribution < -0.4 is 4.74 Å². The molecule has 0 amide bonds. The Hall–Kier alpha value is -2.10. The van der Waals surface area contributed by atoms with Crippen LogP contribution in [0, 0.1) is 0 Å². The van der Waals surface area contributed by atoms with Crippen molar-refractivity contribution in [2.75, 3.05) is 6.61 Å². The van der Waals surface area contributed by atoms with Crippen molar-refractivity contribution in [3.63, 3.8) is 0 Å². The summed E-state index contributed by atoms with van der Waals surface area (Å²) in [4.78, 5) is 16.3. The van der Waals surface area contributed by atoms with Crippen molar-refractivity contribution in [1.29, 1.82) is 0 Å². The van der Waals surface area contributed by atoms with Gasteiger partial charge in [0.1, 0.15) is 5.75 Å². The summed E-state index contributed by atoms with van der Waals surface area (Å²) in [6.45, 7) is 2.53. The maximum Gasteiger partial charge on any atom is 0.253 e. The van der Waals surface area contributed by atoms with Gasteiger partial charge in [0, 0.05) is 16.5 Å². The number of hydrogen-bond donors (Lipinski definition) is 0. The number of para-hydroxylation sites is 1.